The van der Waals surface area contributed by atoms with E-state index in [1.54, 1.807) is 18.5 Å². The highest BCUT2D eigenvalue weighted by Crippen LogP contribution is 2.51. The van der Waals surface area contributed by atoms with Crippen LogP contribution in [0.5, 0.6) is 0 Å². The van der Waals surface area contributed by atoms with E-state index in [1.165, 1.54) is 16.7 Å². The number of hydrogen-bond donors (Lipinski definition) is 2. The highest BCUT2D eigenvalue weighted by atomic mass is 28.4. The average Bonchev–Trinajstić information content (AvgIpc) is 3.46. The number of carbonyl (C=O) groups is 1. The summed E-state index contributed by atoms with van der Waals surface area (Å²) in [5.41, 5.74) is 2.52. The van der Waals surface area contributed by atoms with Gasteiger partial charge in [-0.2, -0.15) is 0 Å². The summed E-state index contributed by atoms with van der Waals surface area (Å²) in [5.74, 6) is -0.197. The molecule has 0 aliphatic heterocycles. The van der Waals surface area contributed by atoms with Gasteiger partial charge < -0.3 is 19.4 Å². The van der Waals surface area contributed by atoms with E-state index in [1.807, 2.05) is 41.8 Å². The Labute approximate surface area is 265 Å². The van der Waals surface area contributed by atoms with Crippen LogP contribution in [0.3, 0.4) is 0 Å². The first kappa shape index (κ1) is 30.6. The minimum absolute atomic E-state index is 0.0757. The van der Waals surface area contributed by atoms with E-state index in [9.17, 15) is 9.90 Å². The molecule has 9 heteroatoms. The van der Waals surface area contributed by atoms with Gasteiger partial charge in [0.05, 0.1) is 18.5 Å². The highest BCUT2D eigenvalue weighted by molar-refractivity contribution is 6.99. The molecule has 0 spiro atoms. The first-order chi connectivity index (χ1) is 21.6. The smallest absolute Gasteiger partial charge is 0.261 e. The van der Waals surface area contributed by atoms with Gasteiger partial charge in [-0.05, 0) is 40.0 Å². The second kappa shape index (κ2) is 12.2. The summed E-state index contributed by atoms with van der Waals surface area (Å²) in [7, 11) is -2.77. The summed E-state index contributed by atoms with van der Waals surface area (Å²) >= 11 is 0. The lowest BCUT2D eigenvalue weighted by Crippen LogP contribution is -2.67. The second-order valence-corrected chi connectivity index (χ2v) is 17.1. The lowest BCUT2D eigenvalue weighted by atomic mass is 9.63. The minimum atomic E-state index is -2.77. The number of nitrogens with zero attached hydrogens (tertiary/aromatic N) is 4. The third kappa shape index (κ3) is 5.41. The Bertz CT molecular complexity index is 1760. The van der Waals surface area contributed by atoms with Gasteiger partial charge in [-0.15, -0.1) is 0 Å². The molecule has 1 aliphatic carbocycles. The summed E-state index contributed by atoms with van der Waals surface area (Å²) < 4.78 is 9.19. The third-order valence-electron chi connectivity index (χ3n) is 9.06. The van der Waals surface area contributed by atoms with Gasteiger partial charge in [0.25, 0.3) is 14.2 Å². The molecule has 1 fully saturated rings. The molecule has 1 amide bonds. The topological polar surface area (TPSA) is 102 Å². The number of imidazole rings is 1. The molecule has 2 N–H and O–H groups in total. The lowest BCUT2D eigenvalue weighted by Gasteiger charge is -2.51. The Morgan fingerprint density at radius 2 is 1.53 bits per heavy atom. The summed E-state index contributed by atoms with van der Waals surface area (Å²) in [6, 6.07) is 29.8. The molecule has 1 aliphatic rings. The monoisotopic (exact) mass is 617 g/mol. The summed E-state index contributed by atoms with van der Waals surface area (Å²) in [6.07, 6.45) is 2.48. The molecule has 2 heterocycles. The van der Waals surface area contributed by atoms with Crippen LogP contribution in [0.25, 0.3) is 11.2 Å². The van der Waals surface area contributed by atoms with Gasteiger partial charge in [-0.25, -0.2) is 15.0 Å². The maximum atomic E-state index is 12.9. The average molecular weight is 618 g/mol. The molecule has 3 aromatic carbocycles. The van der Waals surface area contributed by atoms with Crippen molar-refractivity contribution in [3.05, 3.63) is 121 Å². The van der Waals surface area contributed by atoms with Crippen molar-refractivity contribution in [3.8, 4) is 0 Å². The molecule has 0 radical (unpaired) electrons. The maximum Gasteiger partial charge on any atom is 0.261 e. The van der Waals surface area contributed by atoms with Gasteiger partial charge in [-0.3, -0.25) is 4.79 Å². The highest BCUT2D eigenvalue weighted by Gasteiger charge is 2.54. The van der Waals surface area contributed by atoms with Crippen LogP contribution < -0.4 is 15.7 Å². The normalized spacial score (nSPS) is 19.2. The number of rotatable bonds is 9. The SMILES string of the molecule is C=C1[C@@H](n2cnc3c(NC(=O)c4ccccc4)ncnc32)[C@H](C(C)O)[C@H]1CO[Si](c1ccccc1)(c1ccccc1)C(C)(C)C. The van der Waals surface area contributed by atoms with Crippen LogP contribution in [0.1, 0.15) is 44.1 Å². The first-order valence-corrected chi connectivity index (χ1v) is 17.2. The van der Waals surface area contributed by atoms with Crippen molar-refractivity contribution < 1.29 is 14.3 Å². The number of carbonyl (C=O) groups excluding carboxylic acids is 1. The molecule has 8 nitrogen and oxygen atoms in total. The summed E-state index contributed by atoms with van der Waals surface area (Å²) in [6.45, 7) is 13.5. The number of hydrogen-bond acceptors (Lipinski definition) is 6. The number of benzene rings is 3. The van der Waals surface area contributed by atoms with Gasteiger partial charge in [0.15, 0.2) is 17.0 Å². The zero-order chi connectivity index (χ0) is 31.8. The van der Waals surface area contributed by atoms with E-state index < -0.39 is 14.4 Å². The molecule has 4 atom stereocenters. The number of fused-ring (bicyclic) bond motifs is 1. The van der Waals surface area contributed by atoms with E-state index >= 15 is 0 Å². The Hall–Kier alpha value is -4.44. The molecule has 5 aromatic rings. The summed E-state index contributed by atoms with van der Waals surface area (Å²) in [4.78, 5) is 26.3. The Balaban J connectivity index is 1.30. The summed E-state index contributed by atoms with van der Waals surface area (Å²) in [5, 5.41) is 16.2. The molecule has 230 valence electrons. The van der Waals surface area contributed by atoms with Gasteiger partial charge in [0.1, 0.15) is 6.33 Å². The van der Waals surface area contributed by atoms with Crippen molar-refractivity contribution in [3.63, 3.8) is 0 Å². The number of nitrogens with one attached hydrogen (secondary N) is 1. The predicted octanol–water partition coefficient (Wildman–Crippen LogP) is 5.38. The van der Waals surface area contributed by atoms with Crippen molar-refractivity contribution in [2.45, 2.75) is 44.9 Å². The minimum Gasteiger partial charge on any atom is -0.407 e. The first-order valence-electron chi connectivity index (χ1n) is 15.3. The Morgan fingerprint density at radius 3 is 2.09 bits per heavy atom. The van der Waals surface area contributed by atoms with Crippen molar-refractivity contribution >= 4 is 41.6 Å². The van der Waals surface area contributed by atoms with Crippen molar-refractivity contribution in [2.24, 2.45) is 11.8 Å². The largest absolute Gasteiger partial charge is 0.407 e. The van der Waals surface area contributed by atoms with Gasteiger partial charge in [0, 0.05) is 24.0 Å². The number of aliphatic hydroxyl groups excluding tert-OH is 1. The predicted molar refractivity (Wildman–Crippen MR) is 180 cm³/mol. The van der Waals surface area contributed by atoms with E-state index in [-0.39, 0.29) is 28.8 Å². The molecule has 2 aromatic heterocycles. The molecule has 1 saturated carbocycles. The fourth-order valence-electron chi connectivity index (χ4n) is 6.89. The van der Waals surface area contributed by atoms with Crippen LogP contribution in [-0.2, 0) is 4.43 Å². The lowest BCUT2D eigenvalue weighted by molar-refractivity contribution is 0.00528. The van der Waals surface area contributed by atoms with E-state index in [0.29, 0.717) is 29.2 Å². The van der Waals surface area contributed by atoms with E-state index in [4.69, 9.17) is 4.43 Å². The molecule has 0 saturated heterocycles. The third-order valence-corrected chi connectivity index (χ3v) is 14.1. The number of amides is 1. The van der Waals surface area contributed by atoms with E-state index in [2.05, 4.69) is 96.1 Å². The zero-order valence-electron chi connectivity index (χ0n) is 26.1. The van der Waals surface area contributed by atoms with Crippen LogP contribution in [0, 0.1) is 11.8 Å². The molecule has 0 bridgehead atoms. The molecular formula is C36H39N5O3Si. The van der Waals surface area contributed by atoms with Gasteiger partial charge in [-0.1, -0.05) is 106 Å². The van der Waals surface area contributed by atoms with Crippen LogP contribution >= 0.6 is 0 Å². The van der Waals surface area contributed by atoms with Crippen LogP contribution in [-0.4, -0.2) is 51.6 Å². The second-order valence-electron chi connectivity index (χ2n) is 12.8. The number of aromatic nitrogens is 4. The van der Waals surface area contributed by atoms with Crippen molar-refractivity contribution in [2.75, 3.05) is 11.9 Å². The molecular weight excluding hydrogens is 579 g/mol. The van der Waals surface area contributed by atoms with Crippen molar-refractivity contribution in [1.82, 2.24) is 19.5 Å². The van der Waals surface area contributed by atoms with Crippen molar-refractivity contribution in [1.29, 1.82) is 0 Å². The molecule has 45 heavy (non-hydrogen) atoms. The van der Waals surface area contributed by atoms with Crippen LogP contribution in [0.2, 0.25) is 5.04 Å². The van der Waals surface area contributed by atoms with Crippen LogP contribution in [0.4, 0.5) is 5.82 Å². The van der Waals surface area contributed by atoms with E-state index in [0.717, 1.165) is 5.57 Å². The molecule has 6 rings (SSSR count). The van der Waals surface area contributed by atoms with Crippen LogP contribution in [0.15, 0.2) is 116 Å². The number of anilines is 1. The maximum absolute atomic E-state index is 12.9. The van der Waals surface area contributed by atoms with Gasteiger partial charge in [0.2, 0.25) is 0 Å². The van der Waals surface area contributed by atoms with Gasteiger partial charge >= 0.3 is 0 Å². The molecule has 1 unspecified atom stereocenters. The number of aliphatic hydroxyl groups is 1. The fourth-order valence-corrected chi connectivity index (χ4v) is 11.5. The Morgan fingerprint density at radius 1 is 0.956 bits per heavy atom. The quantitative estimate of drug-likeness (QED) is 0.170. The Kier molecular flexibility index (Phi) is 8.26. The fraction of sp³-hybridized carbons (Fsp3) is 0.278. The standard InChI is InChI=1S/C36H39N5O3Si/c1-24-29(21-44-45(36(3,4)5,27-17-11-7-12-18-27)28-19-13-8-14-20-28)30(25(2)42)32(24)41-23-39-31-33(37-22-38-34(31)41)40-35(43)26-15-9-6-10-16-26/h6-20,22-23,25,29-30,32,42H,1,21H2,2-5H3,(H,37,38,40,43)/t25?,29-,30+,32+/m0/s1. The zero-order valence-corrected chi connectivity index (χ0v) is 27.1.